The second-order valence-electron chi connectivity index (χ2n) is 4.33. The van der Waals surface area contributed by atoms with Gasteiger partial charge in [0, 0.05) is 11.6 Å². The first-order chi connectivity index (χ1) is 10.2. The van der Waals surface area contributed by atoms with E-state index in [2.05, 4.69) is 0 Å². The Bertz CT molecular complexity index is 660. The van der Waals surface area contributed by atoms with E-state index in [0.717, 1.165) is 5.56 Å². The predicted octanol–water partition coefficient (Wildman–Crippen LogP) is 3.22. The summed E-state index contributed by atoms with van der Waals surface area (Å²) >= 11 is 0. The van der Waals surface area contributed by atoms with Crippen LogP contribution in [-0.4, -0.2) is 25.3 Å². The molecular weight excluding hydrogens is 268 g/mol. The molecule has 0 saturated heterocycles. The molecule has 1 N–H and O–H groups in total. The van der Waals surface area contributed by atoms with Crippen LogP contribution in [0.1, 0.15) is 11.1 Å². The molecule has 0 heterocycles. The van der Waals surface area contributed by atoms with Crippen molar-refractivity contribution in [3.8, 4) is 11.5 Å². The van der Waals surface area contributed by atoms with Crippen molar-refractivity contribution in [1.82, 2.24) is 0 Å². The molecule has 0 aromatic heterocycles. The van der Waals surface area contributed by atoms with E-state index in [0.29, 0.717) is 22.6 Å². The number of aliphatic carboxylic acids is 1. The summed E-state index contributed by atoms with van der Waals surface area (Å²) in [5.41, 5.74) is 2.04. The van der Waals surface area contributed by atoms with Gasteiger partial charge in [0.1, 0.15) is 11.5 Å². The standard InChI is InChI=1S/C17H16O4/c1-20-13-8-9-16(21-2)15(10-13)14(11-17(18)19)12-6-4-3-5-7-12/h3-11H,1-2H3,(H,18,19)/b14-11+. The first-order valence-electron chi connectivity index (χ1n) is 6.38. The first kappa shape index (κ1) is 14.7. The van der Waals surface area contributed by atoms with Crippen molar-refractivity contribution in [3.63, 3.8) is 0 Å². The van der Waals surface area contributed by atoms with E-state index >= 15 is 0 Å². The summed E-state index contributed by atoms with van der Waals surface area (Å²) < 4.78 is 10.6. The number of ether oxygens (including phenoxy) is 2. The number of hydrogen-bond acceptors (Lipinski definition) is 3. The van der Waals surface area contributed by atoms with Gasteiger partial charge in [-0.05, 0) is 29.3 Å². The first-order valence-corrected chi connectivity index (χ1v) is 6.38. The summed E-state index contributed by atoms with van der Waals surface area (Å²) in [5.74, 6) is 0.212. The van der Waals surface area contributed by atoms with Gasteiger partial charge >= 0.3 is 5.97 Å². The van der Waals surface area contributed by atoms with Crippen molar-refractivity contribution in [2.24, 2.45) is 0 Å². The molecular formula is C17H16O4. The molecule has 0 aliphatic carbocycles. The lowest BCUT2D eigenvalue weighted by Crippen LogP contribution is -1.98. The molecule has 4 heteroatoms. The highest BCUT2D eigenvalue weighted by molar-refractivity contribution is 5.96. The number of hydrogen-bond donors (Lipinski definition) is 1. The summed E-state index contributed by atoms with van der Waals surface area (Å²) in [4.78, 5) is 11.2. The highest BCUT2D eigenvalue weighted by atomic mass is 16.5. The van der Waals surface area contributed by atoms with E-state index < -0.39 is 5.97 Å². The molecule has 0 amide bonds. The largest absolute Gasteiger partial charge is 0.497 e. The number of carbonyl (C=O) groups is 1. The minimum Gasteiger partial charge on any atom is -0.497 e. The van der Waals surface area contributed by atoms with Crippen LogP contribution in [0.2, 0.25) is 0 Å². The van der Waals surface area contributed by atoms with Crippen LogP contribution in [0.25, 0.3) is 5.57 Å². The second-order valence-corrected chi connectivity index (χ2v) is 4.33. The molecule has 108 valence electrons. The van der Waals surface area contributed by atoms with Gasteiger partial charge in [-0.3, -0.25) is 0 Å². The molecule has 0 spiro atoms. The fourth-order valence-electron chi connectivity index (χ4n) is 2.08. The fourth-order valence-corrected chi connectivity index (χ4v) is 2.08. The molecule has 0 bridgehead atoms. The monoisotopic (exact) mass is 284 g/mol. The Hall–Kier alpha value is -2.75. The molecule has 0 atom stereocenters. The van der Waals surface area contributed by atoms with E-state index in [-0.39, 0.29) is 0 Å². The summed E-state index contributed by atoms with van der Waals surface area (Å²) in [6.45, 7) is 0. The molecule has 0 aliphatic heterocycles. The van der Waals surface area contributed by atoms with Crippen LogP contribution in [0, 0.1) is 0 Å². The average Bonchev–Trinajstić information content (AvgIpc) is 2.52. The highest BCUT2D eigenvalue weighted by Gasteiger charge is 2.13. The van der Waals surface area contributed by atoms with Gasteiger partial charge in [0.15, 0.2) is 0 Å². The Morgan fingerprint density at radius 3 is 2.33 bits per heavy atom. The zero-order chi connectivity index (χ0) is 15.2. The molecule has 21 heavy (non-hydrogen) atoms. The van der Waals surface area contributed by atoms with Gasteiger partial charge < -0.3 is 14.6 Å². The van der Waals surface area contributed by atoms with Crippen molar-refractivity contribution in [1.29, 1.82) is 0 Å². The molecule has 0 aliphatic rings. The van der Waals surface area contributed by atoms with Crippen LogP contribution in [-0.2, 0) is 4.79 Å². The normalized spacial score (nSPS) is 11.0. The Kier molecular flexibility index (Phi) is 4.61. The molecule has 0 saturated carbocycles. The lowest BCUT2D eigenvalue weighted by atomic mass is 9.96. The Balaban J connectivity index is 2.64. The van der Waals surface area contributed by atoms with Crippen molar-refractivity contribution < 1.29 is 19.4 Å². The summed E-state index contributed by atoms with van der Waals surface area (Å²) in [5, 5.41) is 9.15. The summed E-state index contributed by atoms with van der Waals surface area (Å²) in [7, 11) is 3.11. The molecule has 0 unspecified atom stereocenters. The SMILES string of the molecule is COc1ccc(OC)c(/C(=C/C(=O)O)c2ccccc2)c1. The van der Waals surface area contributed by atoms with E-state index in [1.807, 2.05) is 30.3 Å². The van der Waals surface area contributed by atoms with Crippen molar-refractivity contribution in [2.45, 2.75) is 0 Å². The minimum absolute atomic E-state index is 0.568. The lowest BCUT2D eigenvalue weighted by molar-refractivity contribution is -0.131. The van der Waals surface area contributed by atoms with E-state index in [1.54, 1.807) is 32.4 Å². The topological polar surface area (TPSA) is 55.8 Å². The summed E-state index contributed by atoms with van der Waals surface area (Å²) in [6.07, 6.45) is 1.17. The van der Waals surface area contributed by atoms with Gasteiger partial charge in [0.2, 0.25) is 0 Å². The third-order valence-corrected chi connectivity index (χ3v) is 3.05. The van der Waals surface area contributed by atoms with Gasteiger partial charge in [-0.2, -0.15) is 0 Å². The maximum atomic E-state index is 11.2. The van der Waals surface area contributed by atoms with Gasteiger partial charge in [-0.25, -0.2) is 4.79 Å². The quantitative estimate of drug-likeness (QED) is 0.856. The zero-order valence-corrected chi connectivity index (χ0v) is 11.9. The maximum Gasteiger partial charge on any atom is 0.328 e. The van der Waals surface area contributed by atoms with Crippen molar-refractivity contribution in [3.05, 3.63) is 65.7 Å². The number of carboxylic acid groups (broad SMARTS) is 1. The van der Waals surface area contributed by atoms with Crippen LogP contribution in [0.5, 0.6) is 11.5 Å². The smallest absolute Gasteiger partial charge is 0.328 e. The number of methoxy groups -OCH3 is 2. The third-order valence-electron chi connectivity index (χ3n) is 3.05. The highest BCUT2D eigenvalue weighted by Crippen LogP contribution is 2.33. The zero-order valence-electron chi connectivity index (χ0n) is 11.9. The second kappa shape index (κ2) is 6.61. The molecule has 0 radical (unpaired) electrons. The van der Waals surface area contributed by atoms with Crippen LogP contribution in [0.3, 0.4) is 0 Å². The average molecular weight is 284 g/mol. The van der Waals surface area contributed by atoms with Crippen LogP contribution >= 0.6 is 0 Å². The predicted molar refractivity (Wildman–Crippen MR) is 80.7 cm³/mol. The van der Waals surface area contributed by atoms with Gasteiger partial charge in [0.05, 0.1) is 14.2 Å². The van der Waals surface area contributed by atoms with Crippen molar-refractivity contribution >= 4 is 11.5 Å². The molecule has 0 fully saturated rings. The van der Waals surface area contributed by atoms with Crippen molar-refractivity contribution in [2.75, 3.05) is 14.2 Å². The Labute approximate surface area is 123 Å². The van der Waals surface area contributed by atoms with Gasteiger partial charge in [-0.1, -0.05) is 30.3 Å². The van der Waals surface area contributed by atoms with Crippen LogP contribution in [0.15, 0.2) is 54.6 Å². The Morgan fingerprint density at radius 1 is 1.05 bits per heavy atom. The number of rotatable bonds is 5. The lowest BCUT2D eigenvalue weighted by Gasteiger charge is -2.13. The van der Waals surface area contributed by atoms with Gasteiger partial charge in [-0.15, -0.1) is 0 Å². The molecule has 2 aromatic carbocycles. The summed E-state index contributed by atoms with van der Waals surface area (Å²) in [6, 6.07) is 14.6. The van der Waals surface area contributed by atoms with E-state index in [4.69, 9.17) is 14.6 Å². The maximum absolute atomic E-state index is 11.2. The van der Waals surface area contributed by atoms with E-state index in [9.17, 15) is 4.79 Å². The van der Waals surface area contributed by atoms with E-state index in [1.165, 1.54) is 6.08 Å². The minimum atomic E-state index is -1.02. The number of benzene rings is 2. The van der Waals surface area contributed by atoms with Crippen LogP contribution < -0.4 is 9.47 Å². The Morgan fingerprint density at radius 2 is 1.76 bits per heavy atom. The number of carboxylic acids is 1. The fraction of sp³-hybridized carbons (Fsp3) is 0.118. The van der Waals surface area contributed by atoms with Crippen LogP contribution in [0.4, 0.5) is 0 Å². The van der Waals surface area contributed by atoms with Gasteiger partial charge in [0.25, 0.3) is 0 Å². The molecule has 2 rings (SSSR count). The molecule has 4 nitrogen and oxygen atoms in total. The molecule has 2 aromatic rings. The third kappa shape index (κ3) is 3.42.